The molecule has 138 valence electrons. The zero-order chi connectivity index (χ0) is 19.0. The van der Waals surface area contributed by atoms with Crippen LogP contribution in [-0.2, 0) is 26.2 Å². The summed E-state index contributed by atoms with van der Waals surface area (Å²) < 4.78 is 24.1. The van der Waals surface area contributed by atoms with Gasteiger partial charge >= 0.3 is 26.2 Å². The third kappa shape index (κ3) is 12.5. The van der Waals surface area contributed by atoms with Gasteiger partial charge in [0.25, 0.3) is 0 Å². The van der Waals surface area contributed by atoms with E-state index in [2.05, 4.69) is 0 Å². The molecule has 0 saturated heterocycles. The molecule has 5 heteroatoms. The quantitative estimate of drug-likeness (QED) is 0.332. The van der Waals surface area contributed by atoms with Crippen LogP contribution in [0.5, 0.6) is 11.5 Å². The van der Waals surface area contributed by atoms with Crippen molar-refractivity contribution in [2.75, 3.05) is 0 Å². The van der Waals surface area contributed by atoms with Crippen molar-refractivity contribution < 1.29 is 45.2 Å². The molecule has 0 aliphatic carbocycles. The van der Waals surface area contributed by atoms with Crippen LogP contribution < -0.4 is 0 Å². The second-order valence-corrected chi connectivity index (χ2v) is 4.83. The number of hydrogen-bond acceptors (Lipinski definition) is 2. The van der Waals surface area contributed by atoms with Gasteiger partial charge in [-0.1, -0.05) is 24.3 Å². The Balaban J connectivity index is 0.000000337. The third-order valence-corrected chi connectivity index (χ3v) is 2.82. The number of benzene rings is 2. The number of phenols is 2. The van der Waals surface area contributed by atoms with Gasteiger partial charge in [0.1, 0.15) is 0 Å². The molecule has 0 heterocycles. The van der Waals surface area contributed by atoms with E-state index in [9.17, 15) is 8.78 Å². The van der Waals surface area contributed by atoms with E-state index in [0.29, 0.717) is 0 Å². The van der Waals surface area contributed by atoms with Crippen LogP contribution in [-0.4, -0.2) is 10.2 Å². The van der Waals surface area contributed by atoms with Crippen molar-refractivity contribution in [3.05, 3.63) is 121 Å². The standard InChI is InChI=1S/2C6H5FO.2C5H5.Zr/c2*7-5-3-1-2-4-6(5)8;2*1-2-4-5-3-1;/h2*1-4,8H;2*1-5H;/q;;2*-1;+2. The Morgan fingerprint density at radius 2 is 0.815 bits per heavy atom. The van der Waals surface area contributed by atoms with Crippen LogP contribution in [0.25, 0.3) is 0 Å². The minimum absolute atomic E-state index is 0. The van der Waals surface area contributed by atoms with Crippen LogP contribution in [0.2, 0.25) is 0 Å². The van der Waals surface area contributed by atoms with Gasteiger partial charge in [0.2, 0.25) is 0 Å². The van der Waals surface area contributed by atoms with Crippen LogP contribution in [0, 0.1) is 11.6 Å². The normalized spacial score (nSPS) is 8.37. The molecule has 2 N–H and O–H groups in total. The zero-order valence-electron chi connectivity index (χ0n) is 14.5. The van der Waals surface area contributed by atoms with Crippen molar-refractivity contribution >= 4 is 0 Å². The van der Waals surface area contributed by atoms with Crippen molar-refractivity contribution in [2.45, 2.75) is 0 Å². The van der Waals surface area contributed by atoms with E-state index in [4.69, 9.17) is 10.2 Å². The minimum atomic E-state index is -0.576. The Morgan fingerprint density at radius 1 is 0.519 bits per heavy atom. The van der Waals surface area contributed by atoms with Gasteiger partial charge in [0.15, 0.2) is 23.1 Å². The molecule has 4 rings (SSSR count). The van der Waals surface area contributed by atoms with Gasteiger partial charge in [-0.25, -0.2) is 33.0 Å². The van der Waals surface area contributed by atoms with E-state index in [1.165, 1.54) is 36.4 Å². The summed E-state index contributed by atoms with van der Waals surface area (Å²) >= 11 is 0. The molecule has 4 aromatic carbocycles. The van der Waals surface area contributed by atoms with E-state index in [-0.39, 0.29) is 37.7 Å². The minimum Gasteiger partial charge on any atom is -0.505 e. The molecule has 0 aliphatic heterocycles. The first-order chi connectivity index (χ1) is 12.6. The molecule has 0 spiro atoms. The Labute approximate surface area is 177 Å². The van der Waals surface area contributed by atoms with Crippen LogP contribution >= 0.6 is 0 Å². The first-order valence-electron chi connectivity index (χ1n) is 7.81. The maximum Gasteiger partial charge on any atom is 2.00 e. The van der Waals surface area contributed by atoms with Crippen molar-refractivity contribution in [3.8, 4) is 11.5 Å². The molecule has 0 saturated carbocycles. The Bertz CT molecular complexity index is 655. The molecule has 2 nitrogen and oxygen atoms in total. The van der Waals surface area contributed by atoms with Gasteiger partial charge in [0, 0.05) is 0 Å². The molecule has 0 radical (unpaired) electrons. The number of halogens is 2. The fourth-order valence-corrected chi connectivity index (χ4v) is 1.54. The Morgan fingerprint density at radius 3 is 0.963 bits per heavy atom. The van der Waals surface area contributed by atoms with E-state index < -0.39 is 11.6 Å². The number of phenolic OH excluding ortho intramolecular Hbond substituents is 2. The monoisotopic (exact) mass is 444 g/mol. The average Bonchev–Trinajstić information content (AvgIpc) is 3.39. The second-order valence-electron chi connectivity index (χ2n) is 4.83. The van der Waals surface area contributed by atoms with E-state index in [1.807, 2.05) is 60.7 Å². The maximum atomic E-state index is 12.1. The van der Waals surface area contributed by atoms with Gasteiger partial charge in [0.05, 0.1) is 0 Å². The van der Waals surface area contributed by atoms with Crippen molar-refractivity contribution in [3.63, 3.8) is 0 Å². The summed E-state index contributed by atoms with van der Waals surface area (Å²) in [5, 5.41) is 17.1. The molecule has 0 bridgehead atoms. The smallest absolute Gasteiger partial charge is 0.505 e. The summed E-state index contributed by atoms with van der Waals surface area (Å²) in [6.45, 7) is 0. The van der Waals surface area contributed by atoms with Crippen LogP contribution in [0.4, 0.5) is 8.78 Å². The number of para-hydroxylation sites is 2. The molecule has 4 aromatic rings. The van der Waals surface area contributed by atoms with Gasteiger partial charge in [-0.3, -0.25) is 0 Å². The maximum absolute atomic E-state index is 12.1. The molecule has 0 atom stereocenters. The molecular weight excluding hydrogens is 425 g/mol. The van der Waals surface area contributed by atoms with Gasteiger partial charge in [-0.15, -0.1) is 0 Å². The number of hydrogen-bond donors (Lipinski definition) is 2. The van der Waals surface area contributed by atoms with Gasteiger partial charge in [-0.2, -0.15) is 36.4 Å². The first kappa shape index (κ1) is 24.5. The Kier molecular flexibility index (Phi) is 14.3. The molecule has 0 aromatic heterocycles. The van der Waals surface area contributed by atoms with E-state index in [0.717, 1.165) is 0 Å². The third-order valence-electron chi connectivity index (χ3n) is 2.82. The van der Waals surface area contributed by atoms with Crippen LogP contribution in [0.15, 0.2) is 109 Å². The fraction of sp³-hybridized carbons (Fsp3) is 0. The van der Waals surface area contributed by atoms with E-state index in [1.54, 1.807) is 12.1 Å². The predicted octanol–water partition coefficient (Wildman–Crippen LogP) is 5.87. The molecular formula is C22H20F2O2Zr. The van der Waals surface area contributed by atoms with Crippen LogP contribution in [0.1, 0.15) is 0 Å². The SMILES string of the molecule is Oc1ccccc1F.Oc1ccccc1F.[Zr+2].c1cc[cH-]c1.c1cc[cH-]c1. The number of rotatable bonds is 0. The summed E-state index contributed by atoms with van der Waals surface area (Å²) in [5.74, 6) is -1.75. The summed E-state index contributed by atoms with van der Waals surface area (Å²) in [5.41, 5.74) is 0. The van der Waals surface area contributed by atoms with Crippen molar-refractivity contribution in [1.82, 2.24) is 0 Å². The summed E-state index contributed by atoms with van der Waals surface area (Å²) in [6.07, 6.45) is 0. The van der Waals surface area contributed by atoms with Crippen molar-refractivity contribution in [1.29, 1.82) is 0 Å². The summed E-state index contributed by atoms with van der Waals surface area (Å²) in [7, 11) is 0. The predicted molar refractivity (Wildman–Crippen MR) is 100 cm³/mol. The summed E-state index contributed by atoms with van der Waals surface area (Å²) in [4.78, 5) is 0. The molecule has 0 fully saturated rings. The first-order valence-corrected chi connectivity index (χ1v) is 7.81. The summed E-state index contributed by atoms with van der Waals surface area (Å²) in [6, 6.07) is 31.2. The topological polar surface area (TPSA) is 40.5 Å². The number of aromatic hydroxyl groups is 2. The fourth-order valence-electron chi connectivity index (χ4n) is 1.54. The molecule has 27 heavy (non-hydrogen) atoms. The molecule has 0 aliphatic rings. The van der Waals surface area contributed by atoms with Crippen molar-refractivity contribution in [2.24, 2.45) is 0 Å². The molecule has 0 unspecified atom stereocenters. The van der Waals surface area contributed by atoms with E-state index >= 15 is 0 Å². The largest absolute Gasteiger partial charge is 2.00 e. The Hall–Kier alpha value is -2.52. The second kappa shape index (κ2) is 15.7. The van der Waals surface area contributed by atoms with Gasteiger partial charge < -0.3 is 10.2 Å². The van der Waals surface area contributed by atoms with Crippen LogP contribution in [0.3, 0.4) is 0 Å². The average molecular weight is 446 g/mol. The molecule has 0 amide bonds. The zero-order valence-corrected chi connectivity index (χ0v) is 17.0. The van der Waals surface area contributed by atoms with Gasteiger partial charge in [-0.05, 0) is 24.3 Å².